The third-order valence-corrected chi connectivity index (χ3v) is 8.57. The molecule has 1 N–H and O–H groups in total. The van der Waals surface area contributed by atoms with Gasteiger partial charge in [0.15, 0.2) is 0 Å². The molecule has 4 aliphatic rings. The molecule has 0 radical (unpaired) electrons. The fourth-order valence-corrected chi connectivity index (χ4v) is 6.80. The molecule has 204 valence electrons. The maximum absolute atomic E-state index is 14.5. The second-order valence-corrected chi connectivity index (χ2v) is 11.8. The summed E-state index contributed by atoms with van der Waals surface area (Å²) in [5.41, 5.74) is -2.02. The molecule has 4 heterocycles. The summed E-state index contributed by atoms with van der Waals surface area (Å²) in [7, 11) is 0. The predicted molar refractivity (Wildman–Crippen MR) is 141 cm³/mol. The number of ether oxygens (including phenoxy) is 2. The minimum Gasteiger partial charge on any atom is -0.465 e. The van der Waals surface area contributed by atoms with Crippen molar-refractivity contribution in [3.63, 3.8) is 0 Å². The van der Waals surface area contributed by atoms with Crippen molar-refractivity contribution < 1.29 is 29.0 Å². The van der Waals surface area contributed by atoms with Crippen LogP contribution < -0.4 is 0 Å². The minimum absolute atomic E-state index is 0.229. The smallest absolute Gasteiger partial charge is 0.313 e. The zero-order valence-corrected chi connectivity index (χ0v) is 22.6. The van der Waals surface area contributed by atoms with Gasteiger partial charge in [-0.2, -0.15) is 0 Å². The lowest BCUT2D eigenvalue weighted by Gasteiger charge is -2.43. The van der Waals surface area contributed by atoms with E-state index < -0.39 is 46.6 Å². The lowest BCUT2D eigenvalue weighted by atomic mass is 9.73. The first kappa shape index (κ1) is 26.6. The van der Waals surface area contributed by atoms with Gasteiger partial charge in [0, 0.05) is 12.1 Å². The molecule has 8 heteroatoms. The average Bonchev–Trinajstić information content (AvgIpc) is 3.22. The number of carbonyl (C=O) groups is 3. The molecule has 0 saturated carbocycles. The van der Waals surface area contributed by atoms with Crippen LogP contribution in [0, 0.1) is 11.8 Å². The van der Waals surface area contributed by atoms with Crippen molar-refractivity contribution in [1.29, 1.82) is 0 Å². The van der Waals surface area contributed by atoms with Crippen molar-refractivity contribution in [3.8, 4) is 0 Å². The first-order chi connectivity index (χ1) is 18.1. The molecular formula is C30H38N2O6. The van der Waals surface area contributed by atoms with Crippen LogP contribution in [0.15, 0.2) is 54.6 Å². The van der Waals surface area contributed by atoms with Gasteiger partial charge in [0.2, 0.25) is 11.8 Å². The highest BCUT2D eigenvalue weighted by atomic mass is 16.6. The zero-order chi connectivity index (χ0) is 27.3. The molecule has 5 rings (SSSR count). The maximum atomic E-state index is 14.5. The third kappa shape index (κ3) is 4.00. The van der Waals surface area contributed by atoms with E-state index in [-0.39, 0.29) is 25.0 Å². The highest BCUT2D eigenvalue weighted by Gasteiger charge is 2.76. The van der Waals surface area contributed by atoms with Gasteiger partial charge in [-0.25, -0.2) is 0 Å². The molecule has 1 spiro atoms. The van der Waals surface area contributed by atoms with Gasteiger partial charge >= 0.3 is 5.97 Å². The summed E-state index contributed by atoms with van der Waals surface area (Å²) in [4.78, 5) is 45.8. The molecule has 2 fully saturated rings. The maximum Gasteiger partial charge on any atom is 0.313 e. The first-order valence-corrected chi connectivity index (χ1v) is 13.6. The Morgan fingerprint density at radius 2 is 1.79 bits per heavy atom. The first-order valence-electron chi connectivity index (χ1n) is 13.6. The molecule has 0 aliphatic carbocycles. The summed E-state index contributed by atoms with van der Waals surface area (Å²) >= 11 is 0. The molecule has 2 saturated heterocycles. The van der Waals surface area contributed by atoms with Crippen LogP contribution in [0.25, 0.3) is 0 Å². The predicted octanol–water partition coefficient (Wildman–Crippen LogP) is 2.65. The minimum atomic E-state index is -1.37. The van der Waals surface area contributed by atoms with E-state index in [9.17, 15) is 19.5 Å². The van der Waals surface area contributed by atoms with Crippen LogP contribution in [0.1, 0.15) is 46.1 Å². The van der Waals surface area contributed by atoms with Gasteiger partial charge in [-0.05, 0) is 45.6 Å². The fourth-order valence-electron chi connectivity index (χ4n) is 6.80. The number of carbonyl (C=O) groups excluding carboxylic acids is 3. The number of cyclic esters (lactones) is 1. The number of nitrogens with zero attached hydrogens (tertiary/aromatic N) is 2. The molecule has 4 aliphatic heterocycles. The third-order valence-electron chi connectivity index (χ3n) is 8.57. The van der Waals surface area contributed by atoms with Crippen molar-refractivity contribution in [3.05, 3.63) is 60.2 Å². The van der Waals surface area contributed by atoms with E-state index >= 15 is 0 Å². The van der Waals surface area contributed by atoms with Crippen LogP contribution in [0.2, 0.25) is 0 Å². The number of aliphatic hydroxyl groups is 1. The molecule has 2 amide bonds. The quantitative estimate of drug-likeness (QED) is 0.472. The average molecular weight is 523 g/mol. The van der Waals surface area contributed by atoms with Crippen LogP contribution in [0.5, 0.6) is 0 Å². The van der Waals surface area contributed by atoms with Crippen molar-refractivity contribution in [2.45, 2.75) is 75.8 Å². The number of rotatable bonds is 5. The van der Waals surface area contributed by atoms with E-state index in [0.717, 1.165) is 5.56 Å². The summed E-state index contributed by atoms with van der Waals surface area (Å²) in [6.45, 7) is 8.05. The van der Waals surface area contributed by atoms with Crippen LogP contribution in [0.3, 0.4) is 0 Å². The Morgan fingerprint density at radius 1 is 1.05 bits per heavy atom. The largest absolute Gasteiger partial charge is 0.465 e. The van der Waals surface area contributed by atoms with Crippen molar-refractivity contribution in [2.75, 3.05) is 19.8 Å². The Morgan fingerprint density at radius 3 is 2.45 bits per heavy atom. The van der Waals surface area contributed by atoms with E-state index in [1.807, 2.05) is 82.3 Å². The van der Waals surface area contributed by atoms with Crippen LogP contribution in [-0.4, -0.2) is 81.3 Å². The molecule has 1 aromatic carbocycles. The van der Waals surface area contributed by atoms with Crippen molar-refractivity contribution >= 4 is 17.8 Å². The lowest BCUT2D eigenvalue weighted by Crippen LogP contribution is -2.61. The number of fused-ring (bicyclic) bond motifs is 2. The zero-order valence-electron chi connectivity index (χ0n) is 22.6. The Hall–Kier alpha value is -2.97. The van der Waals surface area contributed by atoms with Crippen molar-refractivity contribution in [2.24, 2.45) is 11.8 Å². The number of aliphatic hydroxyl groups excluding tert-OH is 1. The summed E-state index contributed by atoms with van der Waals surface area (Å²) in [5, 5.41) is 10.6. The van der Waals surface area contributed by atoms with Gasteiger partial charge in [-0.3, -0.25) is 14.4 Å². The number of amides is 2. The van der Waals surface area contributed by atoms with Gasteiger partial charge in [0.25, 0.3) is 0 Å². The normalized spacial score (nSPS) is 33.7. The number of esters is 1. The van der Waals surface area contributed by atoms with Crippen molar-refractivity contribution in [1.82, 2.24) is 9.80 Å². The van der Waals surface area contributed by atoms with Crippen LogP contribution in [-0.2, 0) is 30.3 Å². The van der Waals surface area contributed by atoms with E-state index in [2.05, 4.69) is 0 Å². The van der Waals surface area contributed by atoms with Gasteiger partial charge in [-0.1, -0.05) is 61.6 Å². The van der Waals surface area contributed by atoms with E-state index in [0.29, 0.717) is 25.8 Å². The highest BCUT2D eigenvalue weighted by molar-refractivity contribution is 5.99. The van der Waals surface area contributed by atoms with E-state index in [4.69, 9.17) is 9.47 Å². The molecule has 8 nitrogen and oxygen atoms in total. The number of likely N-dealkylation sites (tertiary alicyclic amines) is 1. The Balaban J connectivity index is 1.68. The number of hydrogen-bond donors (Lipinski definition) is 1. The molecule has 6 atom stereocenters. The van der Waals surface area contributed by atoms with Gasteiger partial charge in [0.1, 0.15) is 23.2 Å². The molecule has 0 bridgehead atoms. The lowest BCUT2D eigenvalue weighted by molar-refractivity contribution is -0.164. The molecule has 0 aromatic heterocycles. The highest BCUT2D eigenvalue weighted by Crippen LogP contribution is 2.58. The van der Waals surface area contributed by atoms with Crippen LogP contribution in [0.4, 0.5) is 0 Å². The Kier molecular flexibility index (Phi) is 6.76. The summed E-state index contributed by atoms with van der Waals surface area (Å²) in [6, 6.07) is 7.89. The molecular weight excluding hydrogens is 484 g/mol. The number of benzene rings is 1. The topological polar surface area (TPSA) is 96.4 Å². The second-order valence-electron chi connectivity index (χ2n) is 11.8. The standard InChI is InChI=1S/C30H38N2O6/c1-5-29-14-9-10-17-37-27(36)23(29)22-25(34)32(21(19-33)18-20-12-7-6-8-13-20)24-26(35)31(28(2,3)4)16-11-15-30(22,24)38-29/h6-9,11-15,21-24,33H,5,10,16-19H2,1-4H3/t21-,22+,23-,24?,29+,30+/m1/s1. The van der Waals surface area contributed by atoms with Crippen LogP contribution >= 0.6 is 0 Å². The summed E-state index contributed by atoms with van der Waals surface area (Å²) in [6.07, 6.45) is 8.93. The Bertz CT molecular complexity index is 1160. The van der Waals surface area contributed by atoms with E-state index in [1.165, 1.54) is 4.90 Å². The van der Waals surface area contributed by atoms with E-state index in [1.54, 1.807) is 4.90 Å². The summed E-state index contributed by atoms with van der Waals surface area (Å²) in [5.74, 6) is -2.94. The van der Waals surface area contributed by atoms with Gasteiger partial charge in [-0.15, -0.1) is 0 Å². The van der Waals surface area contributed by atoms with Gasteiger partial charge < -0.3 is 24.4 Å². The SMILES string of the molecule is CC[C@]12C=CCCOC(=O)[C@H]1[C@H]1C(=O)N([C@@H](CO)Cc3ccccc3)C3C(=O)N(C(C)(C)C)CC=C[C@@]31O2. The molecule has 38 heavy (non-hydrogen) atoms. The van der Waals surface area contributed by atoms with Gasteiger partial charge in [0.05, 0.1) is 25.2 Å². The monoisotopic (exact) mass is 522 g/mol. The fraction of sp³-hybridized carbons (Fsp3) is 0.567. The molecule has 1 aromatic rings. The number of hydrogen-bond acceptors (Lipinski definition) is 6. The summed E-state index contributed by atoms with van der Waals surface area (Å²) < 4.78 is 12.5. The Labute approximate surface area is 224 Å². The molecule has 1 unspecified atom stereocenters. The second kappa shape index (κ2) is 9.65.